The van der Waals surface area contributed by atoms with Gasteiger partial charge in [-0.25, -0.2) is 0 Å². The van der Waals surface area contributed by atoms with Gasteiger partial charge in [0.05, 0.1) is 7.11 Å². The molecule has 0 radical (unpaired) electrons. The highest BCUT2D eigenvalue weighted by Gasteiger charge is 2.27. The lowest BCUT2D eigenvalue weighted by molar-refractivity contribution is 0.0364. The van der Waals surface area contributed by atoms with Crippen molar-refractivity contribution in [2.24, 2.45) is 0 Å². The topological polar surface area (TPSA) is 45.2 Å². The molecule has 3 atom stereocenters. The Labute approximate surface area is 146 Å². The van der Waals surface area contributed by atoms with Gasteiger partial charge in [-0.2, -0.15) is 0 Å². The van der Waals surface area contributed by atoms with E-state index in [4.69, 9.17) is 9.47 Å². The second-order valence-electron chi connectivity index (χ2n) is 6.74. The molecule has 0 saturated carbocycles. The van der Waals surface area contributed by atoms with E-state index in [1.807, 2.05) is 24.3 Å². The van der Waals surface area contributed by atoms with Crippen molar-refractivity contribution >= 4 is 0 Å². The Morgan fingerprint density at radius 2 is 1.96 bits per heavy atom. The lowest BCUT2D eigenvalue weighted by atomic mass is 9.97. The van der Waals surface area contributed by atoms with Crippen LogP contribution in [0.3, 0.4) is 0 Å². The molecule has 1 aromatic rings. The second-order valence-corrected chi connectivity index (χ2v) is 6.74. The SMILES string of the molecule is CCN1CC[C@H](N(C)C[C@@H](O)COc2ccc(OC)cc2)C[C@H]1C. The third-order valence-electron chi connectivity index (χ3n) is 5.02. The van der Waals surface area contributed by atoms with Gasteiger partial charge in [-0.15, -0.1) is 0 Å². The van der Waals surface area contributed by atoms with Gasteiger partial charge in [0, 0.05) is 18.6 Å². The van der Waals surface area contributed by atoms with Crippen LogP contribution in [0, 0.1) is 0 Å². The maximum absolute atomic E-state index is 10.3. The first-order valence-corrected chi connectivity index (χ1v) is 8.92. The van der Waals surface area contributed by atoms with Crippen LogP contribution < -0.4 is 9.47 Å². The van der Waals surface area contributed by atoms with Crippen molar-refractivity contribution in [3.05, 3.63) is 24.3 Å². The standard InChI is InChI=1S/C19H32N2O3/c1-5-21-11-10-16(12-15(21)2)20(3)13-17(22)14-24-19-8-6-18(23-4)7-9-19/h6-9,15-17,22H,5,10-14H2,1-4H3/t15-,16+,17-/m1/s1. The predicted octanol–water partition coefficient (Wildman–Crippen LogP) is 2.24. The van der Waals surface area contributed by atoms with Gasteiger partial charge in [-0.1, -0.05) is 6.92 Å². The molecule has 5 nitrogen and oxygen atoms in total. The minimum absolute atomic E-state index is 0.306. The lowest BCUT2D eigenvalue weighted by Crippen LogP contribution is -2.49. The molecule has 1 fully saturated rings. The lowest BCUT2D eigenvalue weighted by Gasteiger charge is -2.41. The molecule has 1 aliphatic rings. The summed E-state index contributed by atoms with van der Waals surface area (Å²) in [5.41, 5.74) is 0. The number of rotatable bonds is 8. The molecule has 0 bridgehead atoms. The monoisotopic (exact) mass is 336 g/mol. The summed E-state index contributed by atoms with van der Waals surface area (Å²) in [4.78, 5) is 4.80. The van der Waals surface area contributed by atoms with Gasteiger partial charge >= 0.3 is 0 Å². The Hall–Kier alpha value is -1.30. The average molecular weight is 336 g/mol. The van der Waals surface area contributed by atoms with Crippen molar-refractivity contribution in [2.45, 2.75) is 44.9 Å². The molecule has 0 spiro atoms. The van der Waals surface area contributed by atoms with Gasteiger partial charge in [0.15, 0.2) is 0 Å². The number of piperidine rings is 1. The first kappa shape index (κ1) is 19.0. The maximum Gasteiger partial charge on any atom is 0.119 e. The highest BCUT2D eigenvalue weighted by Crippen LogP contribution is 2.21. The number of likely N-dealkylation sites (N-methyl/N-ethyl adjacent to an activating group) is 1. The Balaban J connectivity index is 1.74. The van der Waals surface area contributed by atoms with Crippen LogP contribution in [0.2, 0.25) is 0 Å². The van der Waals surface area contributed by atoms with E-state index in [1.54, 1.807) is 7.11 Å². The number of hydrogen-bond donors (Lipinski definition) is 1. The van der Waals surface area contributed by atoms with Gasteiger partial charge in [0.1, 0.15) is 24.2 Å². The van der Waals surface area contributed by atoms with Gasteiger partial charge in [0.25, 0.3) is 0 Å². The Kier molecular flexibility index (Phi) is 7.34. The van der Waals surface area contributed by atoms with Crippen molar-refractivity contribution in [2.75, 3.05) is 40.4 Å². The number of aliphatic hydroxyl groups excluding tert-OH is 1. The van der Waals surface area contributed by atoms with E-state index in [1.165, 1.54) is 6.42 Å². The van der Waals surface area contributed by atoms with Crippen molar-refractivity contribution in [3.63, 3.8) is 0 Å². The summed E-state index contributed by atoms with van der Waals surface area (Å²) in [6, 6.07) is 8.59. The number of methoxy groups -OCH3 is 1. The summed E-state index contributed by atoms with van der Waals surface area (Å²) < 4.78 is 10.8. The molecule has 0 aliphatic carbocycles. The number of ether oxygens (including phenoxy) is 2. The minimum atomic E-state index is -0.489. The number of nitrogens with zero attached hydrogens (tertiary/aromatic N) is 2. The van der Waals surface area contributed by atoms with Crippen LogP contribution in [0.25, 0.3) is 0 Å². The molecule has 0 unspecified atom stereocenters. The minimum Gasteiger partial charge on any atom is -0.497 e. The summed E-state index contributed by atoms with van der Waals surface area (Å²) in [6.45, 7) is 7.73. The summed E-state index contributed by atoms with van der Waals surface area (Å²) in [7, 11) is 3.75. The summed E-state index contributed by atoms with van der Waals surface area (Å²) in [5.74, 6) is 1.55. The fourth-order valence-corrected chi connectivity index (χ4v) is 3.46. The molecule has 1 heterocycles. The number of likely N-dealkylation sites (tertiary alicyclic amines) is 1. The van der Waals surface area contributed by atoms with E-state index in [-0.39, 0.29) is 0 Å². The first-order chi connectivity index (χ1) is 11.5. The van der Waals surface area contributed by atoms with E-state index in [9.17, 15) is 5.11 Å². The van der Waals surface area contributed by atoms with E-state index in [2.05, 4.69) is 30.7 Å². The van der Waals surface area contributed by atoms with Crippen molar-refractivity contribution in [1.82, 2.24) is 9.80 Å². The fourth-order valence-electron chi connectivity index (χ4n) is 3.46. The predicted molar refractivity (Wildman–Crippen MR) is 96.9 cm³/mol. The number of aliphatic hydroxyl groups is 1. The number of benzene rings is 1. The highest BCUT2D eigenvalue weighted by molar-refractivity contribution is 5.31. The smallest absolute Gasteiger partial charge is 0.119 e. The Morgan fingerprint density at radius 3 is 2.54 bits per heavy atom. The summed E-state index contributed by atoms with van der Waals surface area (Å²) >= 11 is 0. The number of hydrogen-bond acceptors (Lipinski definition) is 5. The van der Waals surface area contributed by atoms with Gasteiger partial charge in [-0.3, -0.25) is 0 Å². The molecular formula is C19H32N2O3. The highest BCUT2D eigenvalue weighted by atomic mass is 16.5. The van der Waals surface area contributed by atoms with Gasteiger partial charge in [0.2, 0.25) is 0 Å². The second kappa shape index (κ2) is 9.25. The molecule has 2 rings (SSSR count). The van der Waals surface area contributed by atoms with Crippen LogP contribution in [0.5, 0.6) is 11.5 Å². The van der Waals surface area contributed by atoms with Crippen molar-refractivity contribution < 1.29 is 14.6 Å². The Morgan fingerprint density at radius 1 is 1.29 bits per heavy atom. The van der Waals surface area contributed by atoms with Crippen LogP contribution in [-0.4, -0.2) is 73.5 Å². The van der Waals surface area contributed by atoms with Crippen LogP contribution >= 0.6 is 0 Å². The van der Waals surface area contributed by atoms with Crippen LogP contribution in [0.4, 0.5) is 0 Å². The molecule has 1 aliphatic heterocycles. The van der Waals surface area contributed by atoms with Gasteiger partial charge in [-0.05, 0) is 64.2 Å². The molecule has 1 saturated heterocycles. The van der Waals surface area contributed by atoms with E-state index in [0.29, 0.717) is 25.2 Å². The van der Waals surface area contributed by atoms with E-state index in [0.717, 1.165) is 31.0 Å². The van der Waals surface area contributed by atoms with E-state index >= 15 is 0 Å². The average Bonchev–Trinajstić information content (AvgIpc) is 2.60. The third kappa shape index (κ3) is 5.36. The molecule has 1 N–H and O–H groups in total. The quantitative estimate of drug-likeness (QED) is 0.789. The van der Waals surface area contributed by atoms with Gasteiger partial charge < -0.3 is 24.4 Å². The molecule has 0 amide bonds. The largest absolute Gasteiger partial charge is 0.497 e. The summed E-state index contributed by atoms with van der Waals surface area (Å²) in [6.07, 6.45) is 1.84. The normalized spacial score (nSPS) is 23.2. The summed E-state index contributed by atoms with van der Waals surface area (Å²) in [5, 5.41) is 10.3. The van der Waals surface area contributed by atoms with Crippen LogP contribution in [0.15, 0.2) is 24.3 Å². The molecule has 136 valence electrons. The molecule has 24 heavy (non-hydrogen) atoms. The Bertz CT molecular complexity index is 480. The van der Waals surface area contributed by atoms with E-state index < -0.39 is 6.10 Å². The zero-order chi connectivity index (χ0) is 17.5. The van der Waals surface area contributed by atoms with Crippen LogP contribution in [-0.2, 0) is 0 Å². The zero-order valence-corrected chi connectivity index (χ0v) is 15.4. The van der Waals surface area contributed by atoms with Crippen molar-refractivity contribution in [1.29, 1.82) is 0 Å². The molecule has 1 aromatic carbocycles. The van der Waals surface area contributed by atoms with Crippen LogP contribution in [0.1, 0.15) is 26.7 Å². The molecule has 5 heteroatoms. The fraction of sp³-hybridized carbons (Fsp3) is 0.684. The first-order valence-electron chi connectivity index (χ1n) is 8.92. The third-order valence-corrected chi connectivity index (χ3v) is 5.02. The molecular weight excluding hydrogens is 304 g/mol. The zero-order valence-electron chi connectivity index (χ0n) is 15.4. The van der Waals surface area contributed by atoms with Crippen molar-refractivity contribution in [3.8, 4) is 11.5 Å². The maximum atomic E-state index is 10.3. The molecule has 0 aromatic heterocycles.